The number of anilines is 1. The molecule has 0 aliphatic carbocycles. The van der Waals surface area contributed by atoms with Crippen molar-refractivity contribution in [2.45, 2.75) is 19.1 Å². The summed E-state index contributed by atoms with van der Waals surface area (Å²) in [6, 6.07) is 0. The second-order valence-corrected chi connectivity index (χ2v) is 5.39. The van der Waals surface area contributed by atoms with Crippen LogP contribution in [0.2, 0.25) is 0 Å². The number of nitrogens with two attached hydrogens (primary N) is 1. The summed E-state index contributed by atoms with van der Waals surface area (Å²) in [5, 5.41) is 2.93. The van der Waals surface area contributed by atoms with Crippen molar-refractivity contribution in [1.29, 1.82) is 0 Å². The molecule has 0 radical (unpaired) electrons. The molecule has 13 heavy (non-hydrogen) atoms. The maximum atomic E-state index is 11.2. The van der Waals surface area contributed by atoms with E-state index in [2.05, 4.69) is 9.68 Å². The van der Waals surface area contributed by atoms with Gasteiger partial charge in [-0.3, -0.25) is 0 Å². The normalized spacial score (nSPS) is 14.4. The Morgan fingerprint density at radius 3 is 2.38 bits per heavy atom. The van der Waals surface area contributed by atoms with Gasteiger partial charge in [0.25, 0.3) is 0 Å². The second-order valence-electron chi connectivity index (χ2n) is 3.03. The molecule has 1 rings (SSSR count). The van der Waals surface area contributed by atoms with Crippen molar-refractivity contribution in [2.24, 2.45) is 0 Å². The fourth-order valence-corrected chi connectivity index (χ4v) is 1.57. The lowest BCUT2D eigenvalue weighted by atomic mass is 10.2. The van der Waals surface area contributed by atoms with Crippen LogP contribution in [0, 0.1) is 6.92 Å². The van der Waals surface area contributed by atoms with Crippen LogP contribution < -0.4 is 5.73 Å². The summed E-state index contributed by atoms with van der Waals surface area (Å²) in [6.45, 7) is 3.24. The van der Waals surface area contributed by atoms with Crippen LogP contribution in [-0.2, 0) is 9.84 Å². The average molecular weight is 204 g/mol. The highest BCUT2D eigenvalue weighted by Gasteiger charge is 2.24. The summed E-state index contributed by atoms with van der Waals surface area (Å²) in [5.74, 6) is 0.172. The van der Waals surface area contributed by atoms with Gasteiger partial charge in [0.05, 0.1) is 0 Å². The Hall–Kier alpha value is -1.04. The lowest BCUT2D eigenvalue weighted by Crippen LogP contribution is -2.09. The first-order chi connectivity index (χ1) is 5.84. The first kappa shape index (κ1) is 10.0. The van der Waals surface area contributed by atoms with Crippen molar-refractivity contribution < 1.29 is 12.9 Å². The van der Waals surface area contributed by atoms with E-state index in [9.17, 15) is 8.42 Å². The smallest absolute Gasteiger partial charge is 0.225 e. The van der Waals surface area contributed by atoms with E-state index >= 15 is 0 Å². The summed E-state index contributed by atoms with van der Waals surface area (Å²) in [6.07, 6.45) is 1.15. The third-order valence-corrected chi connectivity index (χ3v) is 3.53. The van der Waals surface area contributed by atoms with Gasteiger partial charge in [0, 0.05) is 11.8 Å². The zero-order valence-corrected chi connectivity index (χ0v) is 8.55. The van der Waals surface area contributed by atoms with Gasteiger partial charge in [0.15, 0.2) is 9.84 Å². The van der Waals surface area contributed by atoms with Crippen molar-refractivity contribution in [3.05, 3.63) is 11.3 Å². The van der Waals surface area contributed by atoms with Crippen molar-refractivity contribution in [2.75, 3.05) is 12.0 Å². The van der Waals surface area contributed by atoms with Crippen LogP contribution in [0.1, 0.15) is 23.4 Å². The van der Waals surface area contributed by atoms with Crippen LogP contribution in [0.5, 0.6) is 0 Å². The fourth-order valence-electron chi connectivity index (χ4n) is 0.943. The molecule has 1 heterocycles. The summed E-state index contributed by atoms with van der Waals surface area (Å²) in [5.41, 5.74) is 6.38. The molecule has 1 aromatic heterocycles. The van der Waals surface area contributed by atoms with E-state index in [1.807, 2.05) is 0 Å². The molecular formula is C7H12N2O3S. The fraction of sp³-hybridized carbons (Fsp3) is 0.571. The third kappa shape index (κ3) is 1.82. The van der Waals surface area contributed by atoms with E-state index < -0.39 is 15.1 Å². The molecule has 1 atom stereocenters. The molecule has 0 aromatic carbocycles. The summed E-state index contributed by atoms with van der Waals surface area (Å²) >= 11 is 0. The molecule has 0 saturated carbocycles. The number of nitrogens with zero attached hydrogens (tertiary/aromatic N) is 1. The summed E-state index contributed by atoms with van der Waals surface area (Å²) in [4.78, 5) is 0. The van der Waals surface area contributed by atoms with Crippen molar-refractivity contribution in [1.82, 2.24) is 5.16 Å². The van der Waals surface area contributed by atoms with Gasteiger partial charge in [0.2, 0.25) is 5.88 Å². The monoisotopic (exact) mass is 204 g/mol. The SMILES string of the molecule is Cc1c(C(C)S(C)(=O)=O)noc1N. The van der Waals surface area contributed by atoms with E-state index in [-0.39, 0.29) is 5.88 Å². The number of aromatic nitrogens is 1. The van der Waals surface area contributed by atoms with Gasteiger partial charge in [-0.1, -0.05) is 5.16 Å². The molecule has 2 N–H and O–H groups in total. The van der Waals surface area contributed by atoms with E-state index in [0.717, 1.165) is 6.26 Å². The van der Waals surface area contributed by atoms with Gasteiger partial charge in [0.1, 0.15) is 10.9 Å². The van der Waals surface area contributed by atoms with Crippen LogP contribution in [0.4, 0.5) is 5.88 Å². The van der Waals surface area contributed by atoms with Crippen molar-refractivity contribution >= 4 is 15.7 Å². The van der Waals surface area contributed by atoms with Crippen LogP contribution >= 0.6 is 0 Å². The molecule has 0 bridgehead atoms. The van der Waals surface area contributed by atoms with Gasteiger partial charge < -0.3 is 10.3 Å². The average Bonchev–Trinajstić information content (AvgIpc) is 2.30. The summed E-state index contributed by atoms with van der Waals surface area (Å²) < 4.78 is 27.0. The van der Waals surface area contributed by atoms with E-state index in [1.165, 1.54) is 0 Å². The Morgan fingerprint density at radius 2 is 2.08 bits per heavy atom. The minimum absolute atomic E-state index is 0.172. The molecule has 74 valence electrons. The molecule has 0 aliphatic heterocycles. The topological polar surface area (TPSA) is 86.2 Å². The highest BCUT2D eigenvalue weighted by Crippen LogP contribution is 2.26. The molecule has 0 saturated heterocycles. The first-order valence-corrected chi connectivity index (χ1v) is 5.70. The first-order valence-electron chi connectivity index (χ1n) is 3.74. The van der Waals surface area contributed by atoms with Crippen LogP contribution in [-0.4, -0.2) is 19.8 Å². The Bertz CT molecular complexity index is 407. The maximum Gasteiger partial charge on any atom is 0.225 e. The number of hydrogen-bond acceptors (Lipinski definition) is 5. The number of hydrogen-bond donors (Lipinski definition) is 1. The van der Waals surface area contributed by atoms with Crippen molar-refractivity contribution in [3.8, 4) is 0 Å². The minimum Gasteiger partial charge on any atom is -0.367 e. The molecule has 0 amide bonds. The third-order valence-electron chi connectivity index (χ3n) is 2.02. The van der Waals surface area contributed by atoms with Crippen molar-refractivity contribution in [3.63, 3.8) is 0 Å². The quantitative estimate of drug-likeness (QED) is 0.765. The van der Waals surface area contributed by atoms with Crippen LogP contribution in [0.3, 0.4) is 0 Å². The Labute approximate surface area is 76.8 Å². The number of nitrogen functional groups attached to an aromatic ring is 1. The Morgan fingerprint density at radius 1 is 1.54 bits per heavy atom. The molecule has 0 fully saturated rings. The molecular weight excluding hydrogens is 192 g/mol. The van der Waals surface area contributed by atoms with Gasteiger partial charge >= 0.3 is 0 Å². The zero-order valence-electron chi connectivity index (χ0n) is 7.73. The highest BCUT2D eigenvalue weighted by atomic mass is 32.2. The molecule has 0 spiro atoms. The van der Waals surface area contributed by atoms with Crippen LogP contribution in [0.15, 0.2) is 4.52 Å². The van der Waals surface area contributed by atoms with Gasteiger partial charge in [-0.05, 0) is 13.8 Å². The second kappa shape index (κ2) is 3.02. The van der Waals surface area contributed by atoms with Gasteiger partial charge in [-0.25, -0.2) is 8.42 Å². The van der Waals surface area contributed by atoms with Gasteiger partial charge in [-0.2, -0.15) is 0 Å². The van der Waals surface area contributed by atoms with E-state index in [4.69, 9.17) is 5.73 Å². The number of sulfone groups is 1. The predicted molar refractivity (Wildman–Crippen MR) is 48.9 cm³/mol. The Kier molecular flexibility index (Phi) is 2.34. The largest absolute Gasteiger partial charge is 0.367 e. The van der Waals surface area contributed by atoms with E-state index in [0.29, 0.717) is 11.3 Å². The maximum absolute atomic E-state index is 11.2. The number of rotatable bonds is 2. The van der Waals surface area contributed by atoms with E-state index in [1.54, 1.807) is 13.8 Å². The van der Waals surface area contributed by atoms with Crippen LogP contribution in [0.25, 0.3) is 0 Å². The molecule has 5 nitrogen and oxygen atoms in total. The highest BCUT2D eigenvalue weighted by molar-refractivity contribution is 7.90. The molecule has 1 aromatic rings. The zero-order chi connectivity index (χ0) is 10.2. The lowest BCUT2D eigenvalue weighted by molar-refractivity contribution is 0.426. The summed E-state index contributed by atoms with van der Waals surface area (Å²) in [7, 11) is -3.14. The molecule has 6 heteroatoms. The minimum atomic E-state index is -3.14. The van der Waals surface area contributed by atoms with Gasteiger partial charge in [-0.15, -0.1) is 0 Å². The Balaban J connectivity index is 3.17. The predicted octanol–water partition coefficient (Wildman–Crippen LogP) is 0.671. The standard InChI is InChI=1S/C7H12N2O3S/c1-4-6(9-12-7(4)8)5(2)13(3,10)11/h5H,8H2,1-3H3. The lowest BCUT2D eigenvalue weighted by Gasteiger charge is -2.05. The molecule has 0 aliphatic rings. The molecule has 1 unspecified atom stereocenters.